The third-order valence-corrected chi connectivity index (χ3v) is 4.35. The van der Waals surface area contributed by atoms with Crippen molar-refractivity contribution in [1.82, 2.24) is 19.3 Å². The van der Waals surface area contributed by atoms with E-state index in [0.29, 0.717) is 12.0 Å². The second-order valence-corrected chi connectivity index (χ2v) is 5.51. The Bertz CT molecular complexity index is 574. The van der Waals surface area contributed by atoms with Gasteiger partial charge in [0.1, 0.15) is 5.52 Å². The summed E-state index contributed by atoms with van der Waals surface area (Å²) < 4.78 is 4.07. The van der Waals surface area contributed by atoms with Crippen LogP contribution < -0.4 is 5.73 Å². The highest BCUT2D eigenvalue weighted by Crippen LogP contribution is 2.37. The minimum Gasteiger partial charge on any atom is -0.369 e. The van der Waals surface area contributed by atoms with Gasteiger partial charge in [-0.1, -0.05) is 12.8 Å². The molecule has 2 heterocycles. The maximum atomic E-state index is 6.11. The Hall–Kier alpha value is -1.52. The van der Waals surface area contributed by atoms with E-state index in [9.17, 15) is 0 Å². The van der Waals surface area contributed by atoms with Gasteiger partial charge in [-0.15, -0.1) is 0 Å². The Balaban J connectivity index is 2.12. The zero-order valence-corrected chi connectivity index (χ0v) is 11.3. The van der Waals surface area contributed by atoms with E-state index in [2.05, 4.69) is 21.6 Å². The molecular weight excluding hydrogens is 226 g/mol. The average molecular weight is 247 g/mol. The molecule has 5 nitrogen and oxygen atoms in total. The zero-order chi connectivity index (χ0) is 12.9. The first kappa shape index (κ1) is 11.6. The summed E-state index contributed by atoms with van der Waals surface area (Å²) in [6, 6.07) is 0.410. The molecule has 0 aliphatic heterocycles. The smallest absolute Gasteiger partial charge is 0.202 e. The standard InChI is InChI=1S/C13H21N5/c1-8-11-12(17(3)16-8)18(13(14)15-11)9(2)10-6-4-5-7-10/h9-10H,4-7H2,1-3H3,(H2,14,15). The monoisotopic (exact) mass is 247 g/mol. The molecule has 18 heavy (non-hydrogen) atoms. The van der Waals surface area contributed by atoms with E-state index in [1.165, 1.54) is 25.7 Å². The number of fused-ring (bicyclic) bond motifs is 1. The van der Waals surface area contributed by atoms with Gasteiger partial charge in [-0.2, -0.15) is 5.10 Å². The lowest BCUT2D eigenvalue weighted by Gasteiger charge is -2.22. The summed E-state index contributed by atoms with van der Waals surface area (Å²) >= 11 is 0. The van der Waals surface area contributed by atoms with Crippen LogP contribution in [-0.2, 0) is 7.05 Å². The van der Waals surface area contributed by atoms with E-state index in [1.807, 2.05) is 18.7 Å². The van der Waals surface area contributed by atoms with Gasteiger partial charge in [-0.25, -0.2) is 4.98 Å². The van der Waals surface area contributed by atoms with E-state index in [1.54, 1.807) is 0 Å². The van der Waals surface area contributed by atoms with Crippen LogP contribution >= 0.6 is 0 Å². The van der Waals surface area contributed by atoms with Crippen LogP contribution in [0.2, 0.25) is 0 Å². The molecule has 1 saturated carbocycles. The normalized spacial score (nSPS) is 18.8. The van der Waals surface area contributed by atoms with Crippen molar-refractivity contribution in [2.75, 3.05) is 5.73 Å². The van der Waals surface area contributed by atoms with E-state index >= 15 is 0 Å². The number of hydrogen-bond acceptors (Lipinski definition) is 3. The van der Waals surface area contributed by atoms with Gasteiger partial charge in [0.2, 0.25) is 5.95 Å². The Kier molecular flexibility index (Phi) is 2.57. The number of nitrogens with zero attached hydrogens (tertiary/aromatic N) is 4. The predicted octanol–water partition coefficient (Wildman–Crippen LogP) is 2.41. The Morgan fingerprint density at radius 2 is 2.00 bits per heavy atom. The Morgan fingerprint density at radius 3 is 2.67 bits per heavy atom. The fourth-order valence-electron chi connectivity index (χ4n) is 3.36. The van der Waals surface area contributed by atoms with Gasteiger partial charge in [0.25, 0.3) is 0 Å². The molecule has 1 aliphatic carbocycles. The lowest BCUT2D eigenvalue weighted by atomic mass is 10.00. The molecule has 5 heteroatoms. The van der Waals surface area contributed by atoms with E-state index < -0.39 is 0 Å². The molecule has 0 amide bonds. The van der Waals surface area contributed by atoms with Crippen LogP contribution in [0.1, 0.15) is 44.3 Å². The zero-order valence-electron chi connectivity index (χ0n) is 11.3. The summed E-state index contributed by atoms with van der Waals surface area (Å²) in [6.07, 6.45) is 5.29. The number of nitrogen functional groups attached to an aromatic ring is 1. The number of anilines is 1. The summed E-state index contributed by atoms with van der Waals surface area (Å²) in [4.78, 5) is 4.48. The number of aromatic nitrogens is 4. The molecule has 0 aromatic carbocycles. The number of hydrogen-bond donors (Lipinski definition) is 1. The largest absolute Gasteiger partial charge is 0.369 e. The van der Waals surface area contributed by atoms with Crippen molar-refractivity contribution in [3.8, 4) is 0 Å². The first-order chi connectivity index (χ1) is 8.59. The molecule has 1 fully saturated rings. The van der Waals surface area contributed by atoms with Crippen LogP contribution in [0, 0.1) is 12.8 Å². The lowest BCUT2D eigenvalue weighted by molar-refractivity contribution is 0.367. The second-order valence-electron chi connectivity index (χ2n) is 5.51. The predicted molar refractivity (Wildman–Crippen MR) is 72.3 cm³/mol. The Morgan fingerprint density at radius 1 is 1.33 bits per heavy atom. The van der Waals surface area contributed by atoms with Crippen molar-refractivity contribution >= 4 is 17.1 Å². The van der Waals surface area contributed by atoms with Crippen molar-refractivity contribution in [3.63, 3.8) is 0 Å². The van der Waals surface area contributed by atoms with Gasteiger partial charge >= 0.3 is 0 Å². The molecule has 2 N–H and O–H groups in total. The van der Waals surface area contributed by atoms with Crippen LogP contribution in [0.4, 0.5) is 5.95 Å². The number of imidazole rings is 1. The molecule has 0 radical (unpaired) electrons. The summed E-state index contributed by atoms with van der Waals surface area (Å²) in [5.41, 5.74) is 9.07. The number of aryl methyl sites for hydroxylation is 2. The number of rotatable bonds is 2. The van der Waals surface area contributed by atoms with Crippen LogP contribution in [0.15, 0.2) is 0 Å². The van der Waals surface area contributed by atoms with Crippen molar-refractivity contribution in [2.24, 2.45) is 13.0 Å². The highest BCUT2D eigenvalue weighted by atomic mass is 15.4. The quantitative estimate of drug-likeness (QED) is 0.886. The molecule has 0 saturated heterocycles. The third kappa shape index (κ3) is 1.53. The van der Waals surface area contributed by atoms with Crippen molar-refractivity contribution in [1.29, 1.82) is 0 Å². The van der Waals surface area contributed by atoms with Crippen LogP contribution in [0.3, 0.4) is 0 Å². The summed E-state index contributed by atoms with van der Waals surface area (Å²) in [6.45, 7) is 4.25. The molecule has 2 aromatic heterocycles. The summed E-state index contributed by atoms with van der Waals surface area (Å²) in [5, 5.41) is 4.44. The minimum atomic E-state index is 0.410. The first-order valence-electron chi connectivity index (χ1n) is 6.76. The van der Waals surface area contributed by atoms with E-state index in [4.69, 9.17) is 5.73 Å². The first-order valence-corrected chi connectivity index (χ1v) is 6.76. The van der Waals surface area contributed by atoms with Crippen molar-refractivity contribution in [2.45, 2.75) is 45.6 Å². The summed E-state index contributed by atoms with van der Waals surface area (Å²) in [5.74, 6) is 1.35. The third-order valence-electron chi connectivity index (χ3n) is 4.35. The minimum absolute atomic E-state index is 0.410. The molecule has 0 bridgehead atoms. The lowest BCUT2D eigenvalue weighted by Crippen LogP contribution is -2.17. The molecule has 0 spiro atoms. The highest BCUT2D eigenvalue weighted by Gasteiger charge is 2.27. The summed E-state index contributed by atoms with van der Waals surface area (Å²) in [7, 11) is 1.97. The molecular formula is C13H21N5. The van der Waals surface area contributed by atoms with Gasteiger partial charge < -0.3 is 5.73 Å². The molecule has 1 unspecified atom stereocenters. The Labute approximate surface area is 107 Å². The van der Waals surface area contributed by atoms with Crippen LogP contribution in [0.25, 0.3) is 11.2 Å². The molecule has 98 valence electrons. The molecule has 1 atom stereocenters. The molecule has 1 aliphatic rings. The number of nitrogens with two attached hydrogens (primary N) is 1. The highest BCUT2D eigenvalue weighted by molar-refractivity contribution is 5.77. The van der Waals surface area contributed by atoms with Crippen molar-refractivity contribution < 1.29 is 0 Å². The van der Waals surface area contributed by atoms with Crippen molar-refractivity contribution in [3.05, 3.63) is 5.69 Å². The maximum Gasteiger partial charge on any atom is 0.202 e. The maximum absolute atomic E-state index is 6.11. The van der Waals surface area contributed by atoms with Gasteiger partial charge in [0.05, 0.1) is 5.69 Å². The SMILES string of the molecule is Cc1nn(C)c2c1nc(N)n2C(C)C1CCCC1. The fourth-order valence-corrected chi connectivity index (χ4v) is 3.36. The molecule has 2 aromatic rings. The average Bonchev–Trinajstić information content (AvgIpc) is 2.98. The fraction of sp³-hybridized carbons (Fsp3) is 0.692. The molecule has 3 rings (SSSR count). The van der Waals surface area contributed by atoms with Gasteiger partial charge in [0, 0.05) is 13.1 Å². The van der Waals surface area contributed by atoms with Gasteiger partial charge in [0.15, 0.2) is 5.65 Å². The van der Waals surface area contributed by atoms with Gasteiger partial charge in [-0.05, 0) is 32.6 Å². The van der Waals surface area contributed by atoms with Gasteiger partial charge in [-0.3, -0.25) is 9.25 Å². The topological polar surface area (TPSA) is 61.7 Å². The van der Waals surface area contributed by atoms with Crippen LogP contribution in [0.5, 0.6) is 0 Å². The van der Waals surface area contributed by atoms with E-state index in [-0.39, 0.29) is 0 Å². The van der Waals surface area contributed by atoms with E-state index in [0.717, 1.165) is 22.8 Å². The second kappa shape index (κ2) is 4.00. The van der Waals surface area contributed by atoms with Crippen LogP contribution in [-0.4, -0.2) is 19.3 Å².